The fourth-order valence-electron chi connectivity index (χ4n) is 4.24. The van der Waals surface area contributed by atoms with Gasteiger partial charge in [0.1, 0.15) is 11.4 Å². The zero-order valence-electron chi connectivity index (χ0n) is 17.2. The summed E-state index contributed by atoms with van der Waals surface area (Å²) in [5.74, 6) is -0.282. The van der Waals surface area contributed by atoms with E-state index in [2.05, 4.69) is 0 Å². The zero-order valence-corrected chi connectivity index (χ0v) is 17.2. The highest BCUT2D eigenvalue weighted by molar-refractivity contribution is 6.45. The lowest BCUT2D eigenvalue weighted by atomic mass is 9.96. The van der Waals surface area contributed by atoms with E-state index in [4.69, 9.17) is 10.00 Å². The van der Waals surface area contributed by atoms with Gasteiger partial charge in [0.2, 0.25) is 0 Å². The maximum atomic E-state index is 13.6. The molecule has 1 saturated heterocycles. The van der Waals surface area contributed by atoms with E-state index in [1.807, 2.05) is 17.0 Å². The Morgan fingerprint density at radius 3 is 2.55 bits per heavy atom. The molecular weight excluding hydrogens is 394 g/mol. The number of carbonyl (C=O) groups is 2. The van der Waals surface area contributed by atoms with Gasteiger partial charge in [0, 0.05) is 25.3 Å². The number of para-hydroxylation sites is 1. The smallest absolute Gasteiger partial charge is 0.282 e. The van der Waals surface area contributed by atoms with Crippen molar-refractivity contribution in [2.75, 3.05) is 31.7 Å². The van der Waals surface area contributed by atoms with Crippen LogP contribution in [0.2, 0.25) is 0 Å². The number of likely N-dealkylation sites (tertiary alicyclic amines) is 1. The topological polar surface area (TPSA) is 93.9 Å². The van der Waals surface area contributed by atoms with Gasteiger partial charge in [-0.15, -0.1) is 0 Å². The molecule has 0 saturated carbocycles. The summed E-state index contributed by atoms with van der Waals surface area (Å²) in [5.41, 5.74) is 2.04. The van der Waals surface area contributed by atoms with Crippen molar-refractivity contribution < 1.29 is 19.4 Å². The van der Waals surface area contributed by atoms with Crippen LogP contribution in [0.1, 0.15) is 24.0 Å². The van der Waals surface area contributed by atoms with Crippen LogP contribution in [0.4, 0.5) is 5.69 Å². The average Bonchev–Trinajstić information content (AvgIpc) is 3.08. The maximum Gasteiger partial charge on any atom is 0.282 e. The first kappa shape index (κ1) is 20.6. The molecule has 31 heavy (non-hydrogen) atoms. The van der Waals surface area contributed by atoms with Crippen molar-refractivity contribution in [2.24, 2.45) is 5.92 Å². The molecular formula is C24H23N3O4. The van der Waals surface area contributed by atoms with Crippen molar-refractivity contribution in [1.82, 2.24) is 4.90 Å². The average molecular weight is 417 g/mol. The van der Waals surface area contributed by atoms with Crippen molar-refractivity contribution in [3.63, 3.8) is 0 Å². The molecule has 0 aromatic heterocycles. The minimum atomic E-state index is -0.430. The summed E-state index contributed by atoms with van der Waals surface area (Å²) < 4.78 is 5.48. The Bertz CT molecular complexity index is 1080. The Morgan fingerprint density at radius 2 is 1.87 bits per heavy atom. The molecule has 1 atom stereocenters. The number of carbonyl (C=O) groups excluding carboxylic acids is 2. The van der Waals surface area contributed by atoms with Crippen LogP contribution >= 0.6 is 0 Å². The van der Waals surface area contributed by atoms with E-state index in [0.717, 1.165) is 17.7 Å². The van der Waals surface area contributed by atoms with Crippen molar-refractivity contribution in [1.29, 1.82) is 5.26 Å². The van der Waals surface area contributed by atoms with Gasteiger partial charge in [-0.2, -0.15) is 5.26 Å². The Labute approximate surface area is 180 Å². The highest BCUT2D eigenvalue weighted by Gasteiger charge is 2.44. The molecule has 2 amide bonds. The van der Waals surface area contributed by atoms with Gasteiger partial charge < -0.3 is 14.7 Å². The number of piperidine rings is 1. The van der Waals surface area contributed by atoms with Crippen LogP contribution in [-0.4, -0.2) is 48.6 Å². The summed E-state index contributed by atoms with van der Waals surface area (Å²) in [7, 11) is 1.53. The maximum absolute atomic E-state index is 13.6. The number of imide groups is 1. The number of nitriles is 1. The van der Waals surface area contributed by atoms with E-state index in [1.165, 1.54) is 7.11 Å². The lowest BCUT2D eigenvalue weighted by Crippen LogP contribution is -2.40. The number of amides is 2. The van der Waals surface area contributed by atoms with E-state index in [1.54, 1.807) is 42.5 Å². The number of anilines is 1. The van der Waals surface area contributed by atoms with E-state index in [9.17, 15) is 14.7 Å². The van der Waals surface area contributed by atoms with Crippen molar-refractivity contribution in [3.8, 4) is 11.8 Å². The Balaban J connectivity index is 1.84. The normalized spacial score (nSPS) is 19.1. The van der Waals surface area contributed by atoms with Gasteiger partial charge in [-0.25, -0.2) is 4.90 Å². The Kier molecular flexibility index (Phi) is 5.74. The number of hydrogen-bond acceptors (Lipinski definition) is 6. The van der Waals surface area contributed by atoms with Gasteiger partial charge >= 0.3 is 0 Å². The van der Waals surface area contributed by atoms with Crippen LogP contribution < -0.4 is 9.64 Å². The second-order valence-corrected chi connectivity index (χ2v) is 7.67. The number of ether oxygens (including phenoxy) is 1. The first-order valence-corrected chi connectivity index (χ1v) is 10.2. The van der Waals surface area contributed by atoms with E-state index < -0.39 is 11.8 Å². The fraction of sp³-hybridized carbons (Fsp3) is 0.292. The van der Waals surface area contributed by atoms with Crippen LogP contribution in [0.5, 0.6) is 5.75 Å². The van der Waals surface area contributed by atoms with E-state index in [0.29, 0.717) is 46.9 Å². The number of aliphatic hydroxyl groups excluding tert-OH is 1. The number of rotatable bonds is 5. The lowest BCUT2D eigenvalue weighted by Gasteiger charge is -2.34. The molecule has 1 fully saturated rings. The molecule has 1 N–H and O–H groups in total. The Hall–Kier alpha value is -3.63. The van der Waals surface area contributed by atoms with Gasteiger partial charge in [-0.05, 0) is 49.1 Å². The first-order valence-electron chi connectivity index (χ1n) is 10.2. The van der Waals surface area contributed by atoms with Crippen molar-refractivity contribution >= 4 is 23.1 Å². The molecule has 2 aliphatic rings. The van der Waals surface area contributed by atoms with E-state index in [-0.39, 0.29) is 12.5 Å². The molecule has 1 unspecified atom stereocenters. The summed E-state index contributed by atoms with van der Waals surface area (Å²) in [6.45, 7) is 1.17. The lowest BCUT2D eigenvalue weighted by molar-refractivity contribution is -0.120. The minimum absolute atomic E-state index is 0.0369. The number of aliphatic hydroxyl groups is 1. The molecule has 0 bridgehead atoms. The number of benzene rings is 2. The molecule has 2 heterocycles. The molecule has 158 valence electrons. The summed E-state index contributed by atoms with van der Waals surface area (Å²) in [5, 5.41) is 18.7. The molecule has 2 aromatic rings. The monoisotopic (exact) mass is 417 g/mol. The number of hydrogen-bond donors (Lipinski definition) is 1. The SMILES string of the molecule is COc1ccccc1C1=C(N2CCCC(CO)C2)C(=O)N(c2ccc(C#N)cc2)C1=O. The number of methoxy groups -OCH3 is 1. The third-order valence-corrected chi connectivity index (χ3v) is 5.78. The van der Waals surface area contributed by atoms with Crippen LogP contribution in [0.25, 0.3) is 5.57 Å². The Morgan fingerprint density at radius 1 is 1.13 bits per heavy atom. The van der Waals surface area contributed by atoms with Gasteiger partial charge in [0.25, 0.3) is 11.8 Å². The van der Waals surface area contributed by atoms with Gasteiger partial charge in [-0.3, -0.25) is 9.59 Å². The van der Waals surface area contributed by atoms with Crippen LogP contribution in [0, 0.1) is 17.2 Å². The predicted molar refractivity (Wildman–Crippen MR) is 115 cm³/mol. The third-order valence-electron chi connectivity index (χ3n) is 5.78. The summed E-state index contributed by atoms with van der Waals surface area (Å²) >= 11 is 0. The summed E-state index contributed by atoms with van der Waals surface area (Å²) in [6.07, 6.45) is 1.71. The van der Waals surface area contributed by atoms with Gasteiger partial charge in [0.05, 0.1) is 30.0 Å². The van der Waals surface area contributed by atoms with Crippen molar-refractivity contribution in [3.05, 3.63) is 65.4 Å². The largest absolute Gasteiger partial charge is 0.496 e. The second-order valence-electron chi connectivity index (χ2n) is 7.67. The van der Waals surface area contributed by atoms with Crippen molar-refractivity contribution in [2.45, 2.75) is 12.8 Å². The van der Waals surface area contributed by atoms with E-state index >= 15 is 0 Å². The molecule has 7 nitrogen and oxygen atoms in total. The first-order chi connectivity index (χ1) is 15.1. The summed E-state index contributed by atoms with van der Waals surface area (Å²) in [4.78, 5) is 30.2. The second kappa shape index (κ2) is 8.62. The quantitative estimate of drug-likeness (QED) is 0.752. The molecule has 2 aliphatic heterocycles. The summed E-state index contributed by atoms with van der Waals surface area (Å²) in [6, 6.07) is 15.6. The fourth-order valence-corrected chi connectivity index (χ4v) is 4.24. The standard InChI is InChI=1S/C24H23N3O4/c1-31-20-7-3-2-6-19(20)21-22(26-12-4-5-17(14-26)15-28)24(30)27(23(21)29)18-10-8-16(13-25)9-11-18/h2-3,6-11,17,28H,4-5,12,14-15H2,1H3. The predicted octanol–water partition coefficient (Wildman–Crippen LogP) is 2.56. The molecule has 0 aliphatic carbocycles. The molecule has 0 spiro atoms. The highest BCUT2D eigenvalue weighted by atomic mass is 16.5. The van der Waals surface area contributed by atoms with Crippen LogP contribution in [0.15, 0.2) is 54.2 Å². The molecule has 0 radical (unpaired) electrons. The number of nitrogens with zero attached hydrogens (tertiary/aromatic N) is 3. The minimum Gasteiger partial charge on any atom is -0.496 e. The van der Waals surface area contributed by atoms with Gasteiger partial charge in [0.15, 0.2) is 0 Å². The molecule has 2 aromatic carbocycles. The highest BCUT2D eigenvalue weighted by Crippen LogP contribution is 2.39. The van der Waals surface area contributed by atoms with Crippen LogP contribution in [-0.2, 0) is 9.59 Å². The zero-order chi connectivity index (χ0) is 22.0. The molecule has 4 rings (SSSR count). The van der Waals surface area contributed by atoms with Gasteiger partial charge in [-0.1, -0.05) is 18.2 Å². The third kappa shape index (κ3) is 3.66. The van der Waals surface area contributed by atoms with Crippen LogP contribution in [0.3, 0.4) is 0 Å². The molecule has 7 heteroatoms.